The molecular formula is C10H14ClNO4. The quantitative estimate of drug-likeness (QED) is 0.739. The molecular weight excluding hydrogens is 234 g/mol. The Labute approximate surface area is 98.7 Å². The highest BCUT2D eigenvalue weighted by Gasteiger charge is 2.11. The van der Waals surface area contributed by atoms with Crippen LogP contribution in [0.5, 0.6) is 0 Å². The van der Waals surface area contributed by atoms with Crippen LogP contribution < -0.4 is 5.32 Å². The van der Waals surface area contributed by atoms with Gasteiger partial charge in [0.15, 0.2) is 0 Å². The monoisotopic (exact) mass is 247 g/mol. The highest BCUT2D eigenvalue weighted by molar-refractivity contribution is 6.32. The van der Waals surface area contributed by atoms with Gasteiger partial charge in [-0.05, 0) is 17.7 Å². The van der Waals surface area contributed by atoms with Crippen molar-refractivity contribution in [1.82, 2.24) is 5.32 Å². The van der Waals surface area contributed by atoms with Crippen LogP contribution in [0.2, 0.25) is 5.22 Å². The van der Waals surface area contributed by atoms with Crippen molar-refractivity contribution in [3.8, 4) is 0 Å². The van der Waals surface area contributed by atoms with Crippen molar-refractivity contribution in [3.05, 3.63) is 23.1 Å². The molecule has 1 N–H and O–H groups in total. The van der Waals surface area contributed by atoms with Crippen molar-refractivity contribution in [2.45, 2.75) is 0 Å². The molecule has 0 radical (unpaired) electrons. The zero-order valence-electron chi connectivity index (χ0n) is 8.99. The number of hydrogen-bond acceptors (Lipinski definition) is 4. The molecule has 1 amide bonds. The number of methoxy groups -OCH3 is 1. The lowest BCUT2D eigenvalue weighted by atomic mass is 10.3. The van der Waals surface area contributed by atoms with Crippen molar-refractivity contribution in [1.29, 1.82) is 0 Å². The Morgan fingerprint density at radius 3 is 2.94 bits per heavy atom. The molecule has 0 atom stereocenters. The summed E-state index contributed by atoms with van der Waals surface area (Å²) >= 11 is 5.64. The normalized spacial score (nSPS) is 10.4. The Bertz CT molecular complexity index is 326. The van der Waals surface area contributed by atoms with Crippen LogP contribution >= 0.6 is 11.6 Å². The fraction of sp³-hybridized carbons (Fsp3) is 0.500. The highest BCUT2D eigenvalue weighted by Crippen LogP contribution is 2.15. The lowest BCUT2D eigenvalue weighted by Crippen LogP contribution is -2.27. The average Bonchev–Trinajstić information content (AvgIpc) is 2.69. The maximum absolute atomic E-state index is 11.5. The topological polar surface area (TPSA) is 60.7 Å². The number of halogens is 1. The molecule has 0 aliphatic rings. The zero-order chi connectivity index (χ0) is 11.8. The van der Waals surface area contributed by atoms with Crippen LogP contribution in [0.15, 0.2) is 16.7 Å². The molecule has 0 aliphatic carbocycles. The van der Waals surface area contributed by atoms with Gasteiger partial charge in [0.25, 0.3) is 5.91 Å². The smallest absolute Gasteiger partial charge is 0.256 e. The molecule has 0 spiro atoms. The van der Waals surface area contributed by atoms with E-state index in [0.717, 1.165) is 0 Å². The van der Waals surface area contributed by atoms with E-state index >= 15 is 0 Å². The Kier molecular flexibility index (Phi) is 5.92. The summed E-state index contributed by atoms with van der Waals surface area (Å²) in [5.74, 6) is -0.269. The number of carbonyl (C=O) groups is 1. The molecule has 1 heterocycles. The molecule has 0 saturated carbocycles. The molecule has 1 aromatic rings. The van der Waals surface area contributed by atoms with E-state index in [1.54, 1.807) is 7.11 Å². The zero-order valence-corrected chi connectivity index (χ0v) is 9.75. The number of hydrogen-bond donors (Lipinski definition) is 1. The van der Waals surface area contributed by atoms with Crippen molar-refractivity contribution in [3.63, 3.8) is 0 Å². The first-order valence-corrected chi connectivity index (χ1v) is 5.21. The van der Waals surface area contributed by atoms with Gasteiger partial charge in [-0.2, -0.15) is 0 Å². The van der Waals surface area contributed by atoms with Gasteiger partial charge in [0.2, 0.25) is 5.22 Å². The number of nitrogens with one attached hydrogen (secondary N) is 1. The van der Waals surface area contributed by atoms with Gasteiger partial charge in [-0.1, -0.05) is 0 Å². The highest BCUT2D eigenvalue weighted by atomic mass is 35.5. The molecule has 5 nitrogen and oxygen atoms in total. The standard InChI is InChI=1S/C10H14ClNO4/c1-14-6-7-15-5-3-12-10(13)8-2-4-16-9(8)11/h2,4H,3,5-7H2,1H3,(H,12,13). The van der Waals surface area contributed by atoms with Gasteiger partial charge < -0.3 is 19.2 Å². The molecule has 0 fully saturated rings. The van der Waals surface area contributed by atoms with Crippen LogP contribution in [-0.4, -0.2) is 39.4 Å². The molecule has 0 bridgehead atoms. The number of amides is 1. The summed E-state index contributed by atoms with van der Waals surface area (Å²) in [5.41, 5.74) is 0.332. The minimum Gasteiger partial charge on any atom is -0.452 e. The Hall–Kier alpha value is -1.04. The van der Waals surface area contributed by atoms with Gasteiger partial charge in [0, 0.05) is 13.7 Å². The third-order valence-electron chi connectivity index (χ3n) is 1.83. The second kappa shape index (κ2) is 7.27. The van der Waals surface area contributed by atoms with Gasteiger partial charge in [0.1, 0.15) is 0 Å². The molecule has 1 aromatic heterocycles. The van der Waals surface area contributed by atoms with Crippen LogP contribution in [0.3, 0.4) is 0 Å². The van der Waals surface area contributed by atoms with E-state index in [0.29, 0.717) is 31.9 Å². The second-order valence-corrected chi connectivity index (χ2v) is 3.31. The van der Waals surface area contributed by atoms with Crippen LogP contribution in [0, 0.1) is 0 Å². The first-order valence-electron chi connectivity index (χ1n) is 4.83. The molecule has 0 saturated heterocycles. The maximum Gasteiger partial charge on any atom is 0.256 e. The fourth-order valence-corrected chi connectivity index (χ4v) is 1.23. The van der Waals surface area contributed by atoms with Crippen molar-refractivity contribution < 1.29 is 18.7 Å². The summed E-state index contributed by atoms with van der Waals surface area (Å²) in [6, 6.07) is 1.52. The molecule has 0 aliphatic heterocycles. The second-order valence-electron chi connectivity index (χ2n) is 2.97. The number of rotatable bonds is 7. The SMILES string of the molecule is COCCOCCNC(=O)c1ccoc1Cl. The van der Waals surface area contributed by atoms with Gasteiger partial charge in [-0.3, -0.25) is 4.79 Å². The minimum absolute atomic E-state index is 0.0952. The van der Waals surface area contributed by atoms with Crippen LogP contribution in [-0.2, 0) is 9.47 Å². The van der Waals surface area contributed by atoms with E-state index in [1.807, 2.05) is 0 Å². The van der Waals surface area contributed by atoms with Gasteiger partial charge in [-0.15, -0.1) is 0 Å². The van der Waals surface area contributed by atoms with Gasteiger partial charge in [-0.25, -0.2) is 0 Å². The summed E-state index contributed by atoms with van der Waals surface area (Å²) in [6.07, 6.45) is 1.37. The third-order valence-corrected chi connectivity index (χ3v) is 2.12. The van der Waals surface area contributed by atoms with E-state index in [2.05, 4.69) is 5.32 Å². The van der Waals surface area contributed by atoms with Crippen LogP contribution in [0.1, 0.15) is 10.4 Å². The number of ether oxygens (including phenoxy) is 2. The first-order chi connectivity index (χ1) is 7.75. The predicted octanol–water partition coefficient (Wildman–Crippen LogP) is 1.33. The van der Waals surface area contributed by atoms with Gasteiger partial charge in [0.05, 0.1) is 31.6 Å². The largest absolute Gasteiger partial charge is 0.452 e. The van der Waals surface area contributed by atoms with Crippen molar-refractivity contribution >= 4 is 17.5 Å². The summed E-state index contributed by atoms with van der Waals surface area (Å²) in [6.45, 7) is 1.91. The fourth-order valence-electron chi connectivity index (χ4n) is 1.03. The lowest BCUT2D eigenvalue weighted by molar-refractivity contribution is 0.0692. The summed E-state index contributed by atoms with van der Waals surface area (Å²) in [4.78, 5) is 11.5. The number of furan rings is 1. The van der Waals surface area contributed by atoms with E-state index < -0.39 is 0 Å². The van der Waals surface area contributed by atoms with Crippen molar-refractivity contribution in [2.24, 2.45) is 0 Å². The van der Waals surface area contributed by atoms with E-state index in [1.165, 1.54) is 12.3 Å². The van der Waals surface area contributed by atoms with E-state index in [4.69, 9.17) is 25.5 Å². The van der Waals surface area contributed by atoms with Crippen LogP contribution in [0.25, 0.3) is 0 Å². The van der Waals surface area contributed by atoms with E-state index in [9.17, 15) is 4.79 Å². The first kappa shape index (κ1) is 13.0. The molecule has 0 unspecified atom stereocenters. The van der Waals surface area contributed by atoms with Crippen LogP contribution in [0.4, 0.5) is 0 Å². The summed E-state index contributed by atoms with van der Waals surface area (Å²) < 4.78 is 14.8. The van der Waals surface area contributed by atoms with Gasteiger partial charge >= 0.3 is 0 Å². The lowest BCUT2D eigenvalue weighted by Gasteiger charge is -2.05. The third kappa shape index (κ3) is 4.22. The molecule has 90 valence electrons. The molecule has 6 heteroatoms. The average molecular weight is 248 g/mol. The predicted molar refractivity (Wildman–Crippen MR) is 58.7 cm³/mol. The number of carbonyl (C=O) groups excluding carboxylic acids is 1. The summed E-state index contributed by atoms with van der Waals surface area (Å²) in [5, 5.41) is 2.75. The Balaban J connectivity index is 2.14. The minimum atomic E-state index is -0.269. The summed E-state index contributed by atoms with van der Waals surface area (Å²) in [7, 11) is 1.60. The molecule has 0 aromatic carbocycles. The molecule has 16 heavy (non-hydrogen) atoms. The maximum atomic E-state index is 11.5. The van der Waals surface area contributed by atoms with E-state index in [-0.39, 0.29) is 11.1 Å². The Morgan fingerprint density at radius 1 is 1.50 bits per heavy atom. The molecule has 1 rings (SSSR count). The Morgan fingerprint density at radius 2 is 2.31 bits per heavy atom. The van der Waals surface area contributed by atoms with Crippen molar-refractivity contribution in [2.75, 3.05) is 33.5 Å².